The smallest absolute Gasteiger partial charge is 0.162 e. The highest BCUT2D eigenvalue weighted by Gasteiger charge is 2.03. The molecule has 0 spiro atoms. The van der Waals surface area contributed by atoms with Gasteiger partial charge in [-0.25, -0.2) is 0 Å². The Balaban J connectivity index is 2.72. The summed E-state index contributed by atoms with van der Waals surface area (Å²) in [5, 5.41) is 0. The van der Waals surface area contributed by atoms with Crippen LogP contribution in [0.25, 0.3) is 0 Å². The van der Waals surface area contributed by atoms with Crippen molar-refractivity contribution >= 4 is 5.78 Å². The molecule has 1 rings (SSSR count). The number of hydrogen-bond acceptors (Lipinski definition) is 1. The first kappa shape index (κ1) is 9.72. The number of rotatable bonds is 3. The Kier molecular flexibility index (Phi) is 3.97. The summed E-state index contributed by atoms with van der Waals surface area (Å²) in [5.74, 6) is 0.221. The molecule has 0 saturated carbocycles. The summed E-state index contributed by atoms with van der Waals surface area (Å²) >= 11 is 0. The molecule has 0 atom stereocenters. The molecule has 1 heteroatoms. The van der Waals surface area contributed by atoms with Crippen molar-refractivity contribution in [1.29, 1.82) is 0 Å². The van der Waals surface area contributed by atoms with Crippen LogP contribution < -0.4 is 0 Å². The first-order chi connectivity index (χ1) is 6.34. The van der Waals surface area contributed by atoms with Crippen molar-refractivity contribution in [2.45, 2.75) is 19.8 Å². The van der Waals surface area contributed by atoms with Crippen molar-refractivity contribution in [3.63, 3.8) is 0 Å². The molecule has 0 bridgehead atoms. The number of ketones is 1. The molecule has 0 fully saturated rings. The first-order valence-corrected chi connectivity index (χ1v) is 4.59. The van der Waals surface area contributed by atoms with Gasteiger partial charge in [0.05, 0.1) is 0 Å². The van der Waals surface area contributed by atoms with Crippen molar-refractivity contribution in [2.24, 2.45) is 0 Å². The molecular weight excluding hydrogens is 160 g/mol. The Labute approximate surface area is 79.2 Å². The van der Waals surface area contributed by atoms with Gasteiger partial charge in [0.15, 0.2) is 5.78 Å². The van der Waals surface area contributed by atoms with E-state index < -0.39 is 0 Å². The fourth-order valence-electron chi connectivity index (χ4n) is 1.12. The summed E-state index contributed by atoms with van der Waals surface area (Å²) in [6.07, 6.45) is 14.8. The number of allylic oxidation sites excluding steroid dienone is 8. The van der Waals surface area contributed by atoms with Crippen molar-refractivity contribution in [1.82, 2.24) is 0 Å². The van der Waals surface area contributed by atoms with Crippen LogP contribution in [-0.4, -0.2) is 5.78 Å². The largest absolute Gasteiger partial charge is 0.294 e. The molecule has 13 heavy (non-hydrogen) atoms. The zero-order chi connectivity index (χ0) is 9.52. The highest BCUT2D eigenvalue weighted by Crippen LogP contribution is 2.06. The minimum Gasteiger partial charge on any atom is -0.294 e. The van der Waals surface area contributed by atoms with Crippen LogP contribution in [0, 0.1) is 0 Å². The van der Waals surface area contributed by atoms with E-state index in [4.69, 9.17) is 0 Å². The molecule has 1 aliphatic carbocycles. The highest BCUT2D eigenvalue weighted by atomic mass is 16.1. The number of Topliss-reactive ketones (excluding diaryl/α,β-unsaturated/α-hetero) is 1. The Morgan fingerprint density at radius 3 is 2.62 bits per heavy atom. The van der Waals surface area contributed by atoms with Crippen LogP contribution in [0.1, 0.15) is 19.8 Å². The van der Waals surface area contributed by atoms with E-state index in [1.807, 2.05) is 49.5 Å². The molecule has 0 aromatic rings. The predicted octanol–water partition coefficient (Wildman–Crippen LogP) is 2.96. The van der Waals surface area contributed by atoms with E-state index in [0.29, 0.717) is 6.42 Å². The number of hydrogen-bond donors (Lipinski definition) is 0. The molecule has 0 unspecified atom stereocenters. The predicted molar refractivity (Wildman–Crippen MR) is 55.4 cm³/mol. The molecule has 0 saturated heterocycles. The monoisotopic (exact) mass is 174 g/mol. The lowest BCUT2D eigenvalue weighted by Gasteiger charge is -1.98. The van der Waals surface area contributed by atoms with Crippen LogP contribution in [0.15, 0.2) is 48.1 Å². The van der Waals surface area contributed by atoms with Gasteiger partial charge in [-0.3, -0.25) is 4.79 Å². The fraction of sp³-hybridized carbons (Fsp3) is 0.250. The lowest BCUT2D eigenvalue weighted by atomic mass is 10.1. The summed E-state index contributed by atoms with van der Waals surface area (Å²) in [7, 11) is 0. The van der Waals surface area contributed by atoms with Crippen molar-refractivity contribution in [3.8, 4) is 0 Å². The Morgan fingerprint density at radius 2 is 1.85 bits per heavy atom. The van der Waals surface area contributed by atoms with Gasteiger partial charge in [-0.15, -0.1) is 0 Å². The Bertz CT molecular complexity index is 290. The van der Waals surface area contributed by atoms with E-state index in [1.165, 1.54) is 0 Å². The zero-order valence-corrected chi connectivity index (χ0v) is 7.86. The number of carbonyl (C=O) groups is 1. The first-order valence-electron chi connectivity index (χ1n) is 4.59. The average molecular weight is 174 g/mol. The van der Waals surface area contributed by atoms with Crippen LogP contribution >= 0.6 is 0 Å². The second kappa shape index (κ2) is 5.31. The minimum absolute atomic E-state index is 0.221. The highest BCUT2D eigenvalue weighted by molar-refractivity contribution is 5.98. The van der Waals surface area contributed by atoms with E-state index in [9.17, 15) is 4.79 Å². The standard InChI is InChI=1S/C12H14O/c1-2-8-12(13)11-9-6-4-3-5-7-10-11/h3-7,9-10H,2,8H2,1H3/b4-3-,5-3?,6-4?,7-5-,9-6-,10-7?,11-9?,11-10+. The third-order valence-electron chi connectivity index (χ3n) is 1.80. The molecule has 0 radical (unpaired) electrons. The summed E-state index contributed by atoms with van der Waals surface area (Å²) < 4.78 is 0. The Hall–Kier alpha value is -1.37. The van der Waals surface area contributed by atoms with Gasteiger partial charge in [-0.1, -0.05) is 49.5 Å². The molecule has 0 aliphatic heterocycles. The summed E-state index contributed by atoms with van der Waals surface area (Å²) in [6, 6.07) is 0. The van der Waals surface area contributed by atoms with Gasteiger partial charge in [0.2, 0.25) is 0 Å². The van der Waals surface area contributed by atoms with E-state index in [0.717, 1.165) is 12.0 Å². The van der Waals surface area contributed by atoms with Gasteiger partial charge >= 0.3 is 0 Å². The maximum atomic E-state index is 11.5. The van der Waals surface area contributed by atoms with E-state index in [1.54, 1.807) is 0 Å². The maximum Gasteiger partial charge on any atom is 0.162 e. The van der Waals surface area contributed by atoms with Crippen molar-refractivity contribution in [3.05, 3.63) is 48.1 Å². The van der Waals surface area contributed by atoms with Crippen LogP contribution in [0.2, 0.25) is 0 Å². The summed E-state index contributed by atoms with van der Waals surface area (Å²) in [5.41, 5.74) is 0.794. The van der Waals surface area contributed by atoms with Gasteiger partial charge in [-0.2, -0.15) is 0 Å². The van der Waals surface area contributed by atoms with E-state index in [-0.39, 0.29) is 5.78 Å². The molecule has 0 amide bonds. The van der Waals surface area contributed by atoms with Crippen LogP contribution in [-0.2, 0) is 4.79 Å². The van der Waals surface area contributed by atoms with Crippen molar-refractivity contribution < 1.29 is 4.79 Å². The quantitative estimate of drug-likeness (QED) is 0.643. The summed E-state index contributed by atoms with van der Waals surface area (Å²) in [6.45, 7) is 2.01. The van der Waals surface area contributed by atoms with E-state index >= 15 is 0 Å². The maximum absolute atomic E-state index is 11.5. The van der Waals surface area contributed by atoms with Crippen LogP contribution in [0.4, 0.5) is 0 Å². The molecule has 1 nitrogen and oxygen atoms in total. The Morgan fingerprint density at radius 1 is 1.15 bits per heavy atom. The SMILES string of the molecule is CCCC(=O)C1=C/C=C\C=C/C=C\1. The van der Waals surface area contributed by atoms with Gasteiger partial charge in [0.25, 0.3) is 0 Å². The van der Waals surface area contributed by atoms with Gasteiger partial charge in [0.1, 0.15) is 0 Å². The second-order valence-electron chi connectivity index (χ2n) is 2.92. The normalized spacial score (nSPS) is 26.4. The molecule has 0 aromatic heterocycles. The fourth-order valence-corrected chi connectivity index (χ4v) is 1.12. The minimum atomic E-state index is 0.221. The zero-order valence-electron chi connectivity index (χ0n) is 7.86. The van der Waals surface area contributed by atoms with E-state index in [2.05, 4.69) is 0 Å². The topological polar surface area (TPSA) is 17.1 Å². The molecule has 68 valence electrons. The van der Waals surface area contributed by atoms with Gasteiger partial charge in [0, 0.05) is 12.0 Å². The van der Waals surface area contributed by atoms with Crippen LogP contribution in [0.3, 0.4) is 0 Å². The third-order valence-corrected chi connectivity index (χ3v) is 1.80. The third kappa shape index (κ3) is 3.24. The second-order valence-corrected chi connectivity index (χ2v) is 2.92. The molecular formula is C12H14O. The van der Waals surface area contributed by atoms with Gasteiger partial charge < -0.3 is 0 Å². The van der Waals surface area contributed by atoms with Crippen molar-refractivity contribution in [2.75, 3.05) is 0 Å². The lowest BCUT2D eigenvalue weighted by Crippen LogP contribution is -1.99. The van der Waals surface area contributed by atoms with Crippen LogP contribution in [0.5, 0.6) is 0 Å². The molecule has 0 aromatic carbocycles. The molecule has 0 heterocycles. The number of carbonyl (C=O) groups excluding carboxylic acids is 1. The molecule has 1 aliphatic rings. The average Bonchev–Trinajstić information content (AvgIpc) is 2.03. The molecule has 0 N–H and O–H groups in total. The summed E-state index contributed by atoms with van der Waals surface area (Å²) in [4.78, 5) is 11.5. The van der Waals surface area contributed by atoms with Gasteiger partial charge in [-0.05, 0) is 6.42 Å². The lowest BCUT2D eigenvalue weighted by molar-refractivity contribution is -0.115.